The van der Waals surface area contributed by atoms with Crippen molar-refractivity contribution >= 4 is 5.97 Å². The molecule has 1 aromatic rings. The van der Waals surface area contributed by atoms with Gasteiger partial charge >= 0.3 is 29.6 Å². The van der Waals surface area contributed by atoms with E-state index in [0.717, 1.165) is 12.4 Å². The number of hydrogen-bond acceptors (Lipinski definition) is 5. The maximum absolute atomic E-state index is 11.6. The predicted molar refractivity (Wildman–Crippen MR) is 33.0 cm³/mol. The minimum Gasteiger partial charge on any atom is -0.543 e. The fourth-order valence-electron chi connectivity index (χ4n) is 0.572. The van der Waals surface area contributed by atoms with Crippen LogP contribution in [0.5, 0.6) is 5.88 Å². The number of rotatable bonds is 3. The first-order valence-electron chi connectivity index (χ1n) is 2.96. The van der Waals surface area contributed by atoms with Gasteiger partial charge in [-0.2, -0.15) is 0 Å². The molecule has 0 bridgehead atoms. The van der Waals surface area contributed by atoms with E-state index < -0.39 is 12.8 Å². The fourth-order valence-corrected chi connectivity index (χ4v) is 0.572. The van der Waals surface area contributed by atoms with Crippen LogP contribution in [0.4, 0.5) is 4.39 Å². The van der Waals surface area contributed by atoms with E-state index in [2.05, 4.69) is 14.7 Å². The molecule has 1 rings (SSSR count). The normalized spacial score (nSPS) is 8.69. The monoisotopic (exact) mass is 194 g/mol. The summed E-state index contributed by atoms with van der Waals surface area (Å²) >= 11 is 0. The summed E-state index contributed by atoms with van der Waals surface area (Å²) in [6.45, 7) is -1.08. The summed E-state index contributed by atoms with van der Waals surface area (Å²) in [5.74, 6) is -1.66. The minimum absolute atomic E-state index is 0. The second-order valence-electron chi connectivity index (χ2n) is 1.78. The van der Waals surface area contributed by atoms with E-state index >= 15 is 0 Å². The molecule has 0 aliphatic rings. The summed E-state index contributed by atoms with van der Waals surface area (Å²) < 4.78 is 15.8. The number of nitrogens with zero attached hydrogens (tertiary/aromatic N) is 2. The van der Waals surface area contributed by atoms with Gasteiger partial charge in [-0.3, -0.25) is 4.98 Å². The number of ether oxygens (including phenoxy) is 1. The number of carboxylic acid groups (broad SMARTS) is 1. The third kappa shape index (κ3) is 3.67. The average Bonchev–Trinajstić information content (AvgIpc) is 2.05. The molecule has 0 amide bonds. The Bertz CT molecular complexity index is 297. The van der Waals surface area contributed by atoms with Crippen molar-refractivity contribution in [2.45, 2.75) is 0 Å². The van der Waals surface area contributed by atoms with Gasteiger partial charge in [-0.25, -0.2) is 9.37 Å². The molecular weight excluding hydrogens is 190 g/mol. The van der Waals surface area contributed by atoms with Gasteiger partial charge in [-0.05, 0) is 0 Å². The summed E-state index contributed by atoms with van der Waals surface area (Å²) in [7, 11) is 0. The molecule has 0 aromatic carbocycles. The summed E-state index contributed by atoms with van der Waals surface area (Å²) in [5.41, 5.74) is -0.388. The van der Waals surface area contributed by atoms with Crippen LogP contribution >= 0.6 is 0 Å². The zero-order valence-electron chi connectivity index (χ0n) is 6.86. The molecule has 0 saturated heterocycles. The van der Waals surface area contributed by atoms with Gasteiger partial charge in [-0.15, -0.1) is 0 Å². The summed E-state index contributed by atoms with van der Waals surface area (Å²) in [4.78, 5) is 17.0. The van der Waals surface area contributed by atoms with E-state index in [0.29, 0.717) is 0 Å². The number of aromatic carboxylic acids is 1. The van der Waals surface area contributed by atoms with Gasteiger partial charge < -0.3 is 14.6 Å². The third-order valence-corrected chi connectivity index (χ3v) is 1.02. The molecule has 7 heteroatoms. The van der Waals surface area contributed by atoms with Gasteiger partial charge in [0.25, 0.3) is 0 Å². The van der Waals surface area contributed by atoms with Crippen molar-refractivity contribution < 1.29 is 48.6 Å². The Morgan fingerprint density at radius 2 is 2.31 bits per heavy atom. The van der Waals surface area contributed by atoms with Gasteiger partial charge in [-0.1, -0.05) is 0 Å². The standard InChI is InChI=1S/C6H5FN2O3.Na/c7-3-12-5-2-8-1-4(9-5)6(10)11;/h1-2H,3H2,(H,10,11);/q;+1/p-1. The molecule has 1 heterocycles. The molecule has 13 heavy (non-hydrogen) atoms. The van der Waals surface area contributed by atoms with Crippen LogP contribution in [0.2, 0.25) is 0 Å². The van der Waals surface area contributed by atoms with Crippen LogP contribution in [0.25, 0.3) is 0 Å². The number of alkyl halides is 1. The van der Waals surface area contributed by atoms with Gasteiger partial charge in [0.15, 0.2) is 0 Å². The van der Waals surface area contributed by atoms with Crippen LogP contribution in [-0.2, 0) is 0 Å². The molecule has 0 aliphatic carbocycles. The molecule has 0 saturated carbocycles. The SMILES string of the molecule is O=C([O-])c1cncc(OCF)n1.[Na+]. The Kier molecular flexibility index (Phi) is 5.52. The van der Waals surface area contributed by atoms with E-state index in [4.69, 9.17) is 0 Å². The third-order valence-electron chi connectivity index (χ3n) is 1.02. The zero-order valence-corrected chi connectivity index (χ0v) is 8.86. The van der Waals surface area contributed by atoms with Crippen LogP contribution in [0.15, 0.2) is 12.4 Å². The molecule has 0 unspecified atom stereocenters. The average molecular weight is 194 g/mol. The number of halogens is 1. The molecule has 0 aliphatic heterocycles. The van der Waals surface area contributed by atoms with Crippen LogP contribution in [0.1, 0.15) is 10.5 Å². The first-order chi connectivity index (χ1) is 5.74. The van der Waals surface area contributed by atoms with E-state index in [1.54, 1.807) is 0 Å². The van der Waals surface area contributed by atoms with Crippen molar-refractivity contribution in [3.8, 4) is 5.88 Å². The molecule has 1 aromatic heterocycles. The van der Waals surface area contributed by atoms with Crippen molar-refractivity contribution in [1.82, 2.24) is 9.97 Å². The van der Waals surface area contributed by atoms with E-state index in [1.165, 1.54) is 0 Å². The first-order valence-corrected chi connectivity index (χ1v) is 2.96. The molecule has 0 radical (unpaired) electrons. The van der Waals surface area contributed by atoms with Crippen molar-refractivity contribution in [2.24, 2.45) is 0 Å². The molecule has 0 N–H and O–H groups in total. The Hall–Kier alpha value is -0.720. The number of hydrogen-bond donors (Lipinski definition) is 0. The second kappa shape index (κ2) is 5.85. The largest absolute Gasteiger partial charge is 1.00 e. The molecule has 0 fully saturated rings. The predicted octanol–water partition coefficient (Wildman–Crippen LogP) is -3.85. The summed E-state index contributed by atoms with van der Waals surface area (Å²) in [6, 6.07) is 0. The van der Waals surface area contributed by atoms with Crippen molar-refractivity contribution in [3.05, 3.63) is 18.1 Å². The molecule has 5 nitrogen and oxygen atoms in total. The van der Waals surface area contributed by atoms with Gasteiger partial charge in [0.05, 0.1) is 18.4 Å². The van der Waals surface area contributed by atoms with Crippen LogP contribution in [0, 0.1) is 0 Å². The Morgan fingerprint density at radius 1 is 1.62 bits per heavy atom. The van der Waals surface area contributed by atoms with E-state index in [1.807, 2.05) is 0 Å². The smallest absolute Gasteiger partial charge is 0.543 e. The number of carbonyl (C=O) groups excluding carboxylic acids is 1. The molecule has 0 spiro atoms. The van der Waals surface area contributed by atoms with E-state index in [9.17, 15) is 14.3 Å². The topological polar surface area (TPSA) is 75.1 Å². The van der Waals surface area contributed by atoms with Crippen LogP contribution in [0.3, 0.4) is 0 Å². The maximum Gasteiger partial charge on any atom is 1.00 e. The summed E-state index contributed by atoms with van der Waals surface area (Å²) in [6.07, 6.45) is 2.09. The number of carbonyl (C=O) groups is 1. The second-order valence-corrected chi connectivity index (χ2v) is 1.78. The maximum atomic E-state index is 11.6. The Labute approximate surface area is 95.2 Å². The van der Waals surface area contributed by atoms with Gasteiger partial charge in [0.2, 0.25) is 12.7 Å². The zero-order chi connectivity index (χ0) is 8.97. The van der Waals surface area contributed by atoms with Crippen LogP contribution in [-0.4, -0.2) is 22.8 Å². The van der Waals surface area contributed by atoms with Crippen molar-refractivity contribution in [2.75, 3.05) is 6.86 Å². The van der Waals surface area contributed by atoms with E-state index in [-0.39, 0.29) is 41.1 Å². The Balaban J connectivity index is 0.00000144. The molecule has 64 valence electrons. The first kappa shape index (κ1) is 12.3. The fraction of sp³-hybridized carbons (Fsp3) is 0.167. The van der Waals surface area contributed by atoms with Crippen molar-refractivity contribution in [3.63, 3.8) is 0 Å². The van der Waals surface area contributed by atoms with Crippen molar-refractivity contribution in [1.29, 1.82) is 0 Å². The number of aromatic nitrogens is 2. The molecule has 0 atom stereocenters. The van der Waals surface area contributed by atoms with Gasteiger partial charge in [0, 0.05) is 0 Å². The number of carboxylic acids is 1. The quantitative estimate of drug-likeness (QED) is 0.460. The molecular formula is C6H4FN2NaO3. The summed E-state index contributed by atoms with van der Waals surface area (Å²) in [5, 5.41) is 10.2. The van der Waals surface area contributed by atoms with Gasteiger partial charge in [0.1, 0.15) is 5.69 Å². The minimum atomic E-state index is -1.48. The Morgan fingerprint density at radius 3 is 2.85 bits per heavy atom. The van der Waals surface area contributed by atoms with Crippen LogP contribution < -0.4 is 39.4 Å².